The fourth-order valence-corrected chi connectivity index (χ4v) is 2.23. The highest BCUT2D eigenvalue weighted by Gasteiger charge is 2.22. The summed E-state index contributed by atoms with van der Waals surface area (Å²) in [5, 5.41) is 3.07. The minimum Gasteiger partial charge on any atom is -0.481 e. The maximum absolute atomic E-state index is 12.0. The van der Waals surface area contributed by atoms with Crippen LogP contribution in [0.15, 0.2) is 30.3 Å². The number of hydrogen-bond donors (Lipinski definition) is 1. The molecule has 0 aromatic heterocycles. The number of nitrogens with one attached hydrogen (secondary N) is 1. The summed E-state index contributed by atoms with van der Waals surface area (Å²) in [5.74, 6) is 0.701. The summed E-state index contributed by atoms with van der Waals surface area (Å²) in [6.07, 6.45) is 1.57. The molecule has 2 rings (SSSR count). The summed E-state index contributed by atoms with van der Waals surface area (Å²) in [7, 11) is 2.11. The fraction of sp³-hybridized carbons (Fsp3) is 0.533. The van der Waals surface area contributed by atoms with Crippen LogP contribution in [0.25, 0.3) is 0 Å². The average Bonchev–Trinajstić information content (AvgIpc) is 2.42. The molecule has 0 spiro atoms. The van der Waals surface area contributed by atoms with Crippen LogP contribution in [0.1, 0.15) is 19.8 Å². The highest BCUT2D eigenvalue weighted by atomic mass is 16.5. The largest absolute Gasteiger partial charge is 0.481 e. The first-order valence-electron chi connectivity index (χ1n) is 6.86. The monoisotopic (exact) mass is 262 g/mol. The Bertz CT molecular complexity index is 400. The number of carbonyl (C=O) groups excluding carboxylic acids is 1. The molecular formula is C15H22N2O2. The smallest absolute Gasteiger partial charge is 0.260 e. The van der Waals surface area contributed by atoms with Gasteiger partial charge in [-0.05, 0) is 52.0 Å². The van der Waals surface area contributed by atoms with Gasteiger partial charge < -0.3 is 15.0 Å². The SMILES string of the molecule is C[C@H](Oc1ccccc1)C(=O)NC1CCN(C)CC1. The highest BCUT2D eigenvalue weighted by molar-refractivity contribution is 5.81. The van der Waals surface area contributed by atoms with E-state index in [1.165, 1.54) is 0 Å². The number of likely N-dealkylation sites (tertiary alicyclic amines) is 1. The molecule has 4 nitrogen and oxygen atoms in total. The lowest BCUT2D eigenvalue weighted by molar-refractivity contribution is -0.128. The van der Waals surface area contributed by atoms with Crippen LogP contribution in [0.3, 0.4) is 0 Å². The lowest BCUT2D eigenvalue weighted by atomic mass is 10.1. The van der Waals surface area contributed by atoms with Crippen LogP contribution in [0, 0.1) is 0 Å². The van der Waals surface area contributed by atoms with Crippen LogP contribution in [0.2, 0.25) is 0 Å². The van der Waals surface area contributed by atoms with E-state index in [9.17, 15) is 4.79 Å². The summed E-state index contributed by atoms with van der Waals surface area (Å²) in [4.78, 5) is 14.3. The summed E-state index contributed by atoms with van der Waals surface area (Å²) in [6.45, 7) is 3.87. The maximum Gasteiger partial charge on any atom is 0.260 e. The van der Waals surface area contributed by atoms with E-state index in [0.717, 1.165) is 31.7 Å². The van der Waals surface area contributed by atoms with Crippen molar-refractivity contribution in [1.82, 2.24) is 10.2 Å². The van der Waals surface area contributed by atoms with Gasteiger partial charge in [0.15, 0.2) is 6.10 Å². The number of amides is 1. The second-order valence-corrected chi connectivity index (χ2v) is 5.16. The average molecular weight is 262 g/mol. The van der Waals surface area contributed by atoms with Crippen molar-refractivity contribution in [2.45, 2.75) is 31.9 Å². The number of para-hydroxylation sites is 1. The summed E-state index contributed by atoms with van der Waals surface area (Å²) in [6, 6.07) is 9.73. The normalized spacial score (nSPS) is 18.8. The first kappa shape index (κ1) is 13.9. The minimum absolute atomic E-state index is 0.0293. The molecule has 0 radical (unpaired) electrons. The molecule has 1 aliphatic rings. The second-order valence-electron chi connectivity index (χ2n) is 5.16. The van der Waals surface area contributed by atoms with Gasteiger partial charge in [0, 0.05) is 6.04 Å². The van der Waals surface area contributed by atoms with Crippen LogP contribution in [0.5, 0.6) is 5.75 Å². The van der Waals surface area contributed by atoms with Gasteiger partial charge in [-0.25, -0.2) is 0 Å². The fourth-order valence-electron chi connectivity index (χ4n) is 2.23. The number of nitrogens with zero attached hydrogens (tertiary/aromatic N) is 1. The number of carbonyl (C=O) groups is 1. The summed E-state index contributed by atoms with van der Waals surface area (Å²) in [5.41, 5.74) is 0. The third-order valence-electron chi connectivity index (χ3n) is 3.49. The van der Waals surface area contributed by atoms with Crippen LogP contribution in [-0.2, 0) is 4.79 Å². The Morgan fingerprint density at radius 3 is 2.58 bits per heavy atom. The van der Waals surface area contributed by atoms with Gasteiger partial charge in [-0.1, -0.05) is 18.2 Å². The van der Waals surface area contributed by atoms with E-state index in [1.807, 2.05) is 30.3 Å². The predicted octanol–water partition coefficient (Wildman–Crippen LogP) is 1.66. The molecule has 1 amide bonds. The van der Waals surface area contributed by atoms with E-state index in [4.69, 9.17) is 4.74 Å². The van der Waals surface area contributed by atoms with Crippen LogP contribution in [0.4, 0.5) is 0 Å². The van der Waals surface area contributed by atoms with E-state index >= 15 is 0 Å². The Morgan fingerprint density at radius 1 is 1.32 bits per heavy atom. The molecule has 1 fully saturated rings. The van der Waals surface area contributed by atoms with Gasteiger partial charge in [0.2, 0.25) is 0 Å². The quantitative estimate of drug-likeness (QED) is 0.897. The Labute approximate surface area is 114 Å². The first-order chi connectivity index (χ1) is 9.15. The van der Waals surface area contributed by atoms with E-state index < -0.39 is 6.10 Å². The third kappa shape index (κ3) is 4.24. The summed E-state index contributed by atoms with van der Waals surface area (Å²) >= 11 is 0. The number of piperidine rings is 1. The molecule has 1 atom stereocenters. The van der Waals surface area contributed by atoms with Crippen LogP contribution < -0.4 is 10.1 Å². The van der Waals surface area contributed by atoms with Crippen molar-refractivity contribution in [2.24, 2.45) is 0 Å². The van der Waals surface area contributed by atoms with Crippen molar-refractivity contribution < 1.29 is 9.53 Å². The maximum atomic E-state index is 12.0. The van der Waals surface area contributed by atoms with Gasteiger partial charge in [0.05, 0.1) is 0 Å². The van der Waals surface area contributed by atoms with E-state index in [0.29, 0.717) is 0 Å². The Hall–Kier alpha value is -1.55. The number of rotatable bonds is 4. The Kier molecular flexibility index (Phi) is 4.80. The van der Waals surface area contributed by atoms with E-state index in [-0.39, 0.29) is 11.9 Å². The molecule has 0 bridgehead atoms. The predicted molar refractivity (Wildman–Crippen MR) is 75.2 cm³/mol. The molecule has 1 N–H and O–H groups in total. The molecule has 4 heteroatoms. The lowest BCUT2D eigenvalue weighted by Crippen LogP contribution is -2.47. The van der Waals surface area contributed by atoms with Crippen LogP contribution in [-0.4, -0.2) is 43.1 Å². The van der Waals surface area contributed by atoms with Crippen molar-refractivity contribution in [3.63, 3.8) is 0 Å². The molecular weight excluding hydrogens is 240 g/mol. The van der Waals surface area contributed by atoms with Crippen LogP contribution >= 0.6 is 0 Å². The molecule has 1 aliphatic heterocycles. The van der Waals surface area contributed by atoms with Crippen molar-refractivity contribution >= 4 is 5.91 Å². The molecule has 19 heavy (non-hydrogen) atoms. The van der Waals surface area contributed by atoms with Gasteiger partial charge in [-0.15, -0.1) is 0 Å². The van der Waals surface area contributed by atoms with Gasteiger partial charge >= 0.3 is 0 Å². The zero-order valence-electron chi connectivity index (χ0n) is 11.6. The van der Waals surface area contributed by atoms with Crippen molar-refractivity contribution in [3.05, 3.63) is 30.3 Å². The van der Waals surface area contributed by atoms with Crippen molar-refractivity contribution in [2.75, 3.05) is 20.1 Å². The zero-order chi connectivity index (χ0) is 13.7. The Balaban J connectivity index is 1.79. The molecule has 0 saturated carbocycles. The number of hydrogen-bond acceptors (Lipinski definition) is 3. The minimum atomic E-state index is -0.456. The van der Waals surface area contributed by atoms with Gasteiger partial charge in [0.25, 0.3) is 5.91 Å². The molecule has 1 aromatic carbocycles. The highest BCUT2D eigenvalue weighted by Crippen LogP contribution is 2.12. The molecule has 1 aromatic rings. The van der Waals surface area contributed by atoms with E-state index in [2.05, 4.69) is 17.3 Å². The van der Waals surface area contributed by atoms with E-state index in [1.54, 1.807) is 6.92 Å². The second kappa shape index (κ2) is 6.57. The lowest BCUT2D eigenvalue weighted by Gasteiger charge is -2.30. The Morgan fingerprint density at radius 2 is 1.95 bits per heavy atom. The third-order valence-corrected chi connectivity index (χ3v) is 3.49. The van der Waals surface area contributed by atoms with Crippen molar-refractivity contribution in [1.29, 1.82) is 0 Å². The number of benzene rings is 1. The summed E-state index contributed by atoms with van der Waals surface area (Å²) < 4.78 is 5.62. The molecule has 1 heterocycles. The first-order valence-corrected chi connectivity index (χ1v) is 6.86. The molecule has 0 aliphatic carbocycles. The molecule has 104 valence electrons. The number of ether oxygens (including phenoxy) is 1. The van der Waals surface area contributed by atoms with Gasteiger partial charge in [-0.2, -0.15) is 0 Å². The van der Waals surface area contributed by atoms with Gasteiger partial charge in [0.1, 0.15) is 5.75 Å². The topological polar surface area (TPSA) is 41.6 Å². The van der Waals surface area contributed by atoms with Gasteiger partial charge in [-0.3, -0.25) is 4.79 Å². The standard InChI is InChI=1S/C15H22N2O2/c1-12(19-14-6-4-3-5-7-14)15(18)16-13-8-10-17(2)11-9-13/h3-7,12-13H,8-11H2,1-2H3,(H,16,18)/t12-/m0/s1. The van der Waals surface area contributed by atoms with Crippen molar-refractivity contribution in [3.8, 4) is 5.75 Å². The molecule has 0 unspecified atom stereocenters. The molecule has 1 saturated heterocycles. The zero-order valence-corrected chi connectivity index (χ0v) is 11.6.